The van der Waals surface area contributed by atoms with Gasteiger partial charge in [0.15, 0.2) is 0 Å². The molecule has 1 rings (SSSR count). The van der Waals surface area contributed by atoms with E-state index in [1.54, 1.807) is 0 Å². The second-order valence-corrected chi connectivity index (χ2v) is 5.37. The highest BCUT2D eigenvalue weighted by Crippen LogP contribution is 2.22. The summed E-state index contributed by atoms with van der Waals surface area (Å²) in [7, 11) is 0. The van der Waals surface area contributed by atoms with Crippen molar-refractivity contribution in [3.63, 3.8) is 0 Å². The van der Waals surface area contributed by atoms with Gasteiger partial charge >= 0.3 is 5.97 Å². The van der Waals surface area contributed by atoms with Crippen molar-refractivity contribution in [1.82, 2.24) is 5.32 Å². The molecule has 0 heterocycles. The fraction of sp³-hybridized carbons (Fsp3) is 0.929. The lowest BCUT2D eigenvalue weighted by molar-refractivity contribution is -0.147. The number of carbonyl (C=O) groups is 1. The van der Waals surface area contributed by atoms with Crippen LogP contribution in [0.1, 0.15) is 52.9 Å². The molecular weight excluding hydrogens is 214 g/mol. The Morgan fingerprint density at radius 1 is 1.35 bits per heavy atom. The van der Waals surface area contributed by atoms with Crippen LogP contribution in [0.5, 0.6) is 0 Å². The maximum Gasteiger partial charge on any atom is 0.309 e. The Bertz CT molecular complexity index is 230. The maximum absolute atomic E-state index is 11.5. The van der Waals surface area contributed by atoms with Gasteiger partial charge in [-0.3, -0.25) is 4.79 Å². The Labute approximate surface area is 105 Å². The van der Waals surface area contributed by atoms with E-state index in [2.05, 4.69) is 12.2 Å². The van der Waals surface area contributed by atoms with Crippen molar-refractivity contribution in [1.29, 1.82) is 0 Å². The Balaban J connectivity index is 2.22. The van der Waals surface area contributed by atoms with Gasteiger partial charge in [0.25, 0.3) is 0 Å². The van der Waals surface area contributed by atoms with Crippen LogP contribution >= 0.6 is 0 Å². The number of hydrogen-bond donors (Lipinski definition) is 1. The van der Waals surface area contributed by atoms with Crippen molar-refractivity contribution in [2.75, 3.05) is 13.2 Å². The van der Waals surface area contributed by atoms with Gasteiger partial charge in [0.1, 0.15) is 0 Å². The Morgan fingerprint density at radius 2 is 2.12 bits per heavy atom. The molecule has 0 aromatic rings. The first-order valence-electron chi connectivity index (χ1n) is 7.03. The van der Waals surface area contributed by atoms with E-state index in [0.29, 0.717) is 12.6 Å². The summed E-state index contributed by atoms with van der Waals surface area (Å²) >= 11 is 0. The summed E-state index contributed by atoms with van der Waals surface area (Å²) in [6.07, 6.45) is 6.47. The van der Waals surface area contributed by atoms with E-state index in [1.807, 2.05) is 13.8 Å². The van der Waals surface area contributed by atoms with E-state index in [4.69, 9.17) is 4.74 Å². The molecule has 1 N–H and O–H groups in total. The van der Waals surface area contributed by atoms with Crippen molar-refractivity contribution in [3.8, 4) is 0 Å². The van der Waals surface area contributed by atoms with Crippen LogP contribution in [0, 0.1) is 11.8 Å². The van der Waals surface area contributed by atoms with Crippen LogP contribution in [0.15, 0.2) is 0 Å². The molecule has 3 unspecified atom stereocenters. The van der Waals surface area contributed by atoms with Crippen LogP contribution in [0.25, 0.3) is 0 Å². The highest BCUT2D eigenvalue weighted by atomic mass is 16.5. The minimum absolute atomic E-state index is 0.0318. The van der Waals surface area contributed by atoms with Gasteiger partial charge in [0.2, 0.25) is 0 Å². The number of carbonyl (C=O) groups excluding carboxylic acids is 1. The summed E-state index contributed by atoms with van der Waals surface area (Å²) in [6.45, 7) is 7.35. The number of hydrogen-bond acceptors (Lipinski definition) is 3. The van der Waals surface area contributed by atoms with Crippen molar-refractivity contribution in [2.24, 2.45) is 11.8 Å². The Morgan fingerprint density at radius 3 is 2.82 bits per heavy atom. The number of ether oxygens (including phenoxy) is 1. The van der Waals surface area contributed by atoms with Gasteiger partial charge in [-0.1, -0.05) is 26.7 Å². The van der Waals surface area contributed by atoms with Crippen LogP contribution < -0.4 is 5.32 Å². The zero-order valence-corrected chi connectivity index (χ0v) is 11.5. The molecule has 0 aromatic heterocycles. The summed E-state index contributed by atoms with van der Waals surface area (Å²) in [5.74, 6) is 0.752. The summed E-state index contributed by atoms with van der Waals surface area (Å²) in [4.78, 5) is 11.5. The molecule has 1 aliphatic carbocycles. The lowest BCUT2D eigenvalue weighted by atomic mass is 10.0. The molecule has 0 amide bonds. The van der Waals surface area contributed by atoms with Gasteiger partial charge in [-0.15, -0.1) is 0 Å². The summed E-state index contributed by atoms with van der Waals surface area (Å²) in [5, 5.41) is 3.52. The summed E-state index contributed by atoms with van der Waals surface area (Å²) in [5.41, 5.74) is 0. The quantitative estimate of drug-likeness (QED) is 0.594. The number of nitrogens with one attached hydrogen (secondary N) is 1. The molecule has 100 valence electrons. The fourth-order valence-corrected chi connectivity index (χ4v) is 2.40. The van der Waals surface area contributed by atoms with Gasteiger partial charge in [-0.05, 0) is 32.1 Å². The molecule has 3 heteroatoms. The summed E-state index contributed by atoms with van der Waals surface area (Å²) in [6, 6.07) is 0.594. The van der Waals surface area contributed by atoms with E-state index in [1.165, 1.54) is 32.1 Å². The fourth-order valence-electron chi connectivity index (χ4n) is 2.40. The first-order chi connectivity index (χ1) is 8.13. The third-order valence-electron chi connectivity index (χ3n) is 3.66. The number of esters is 1. The van der Waals surface area contributed by atoms with Gasteiger partial charge in [-0.25, -0.2) is 0 Å². The van der Waals surface area contributed by atoms with Gasteiger partial charge in [-0.2, -0.15) is 0 Å². The predicted octanol–water partition coefficient (Wildman–Crippen LogP) is 2.74. The third kappa shape index (κ3) is 5.53. The molecule has 0 bridgehead atoms. The van der Waals surface area contributed by atoms with Crippen molar-refractivity contribution in [2.45, 2.75) is 58.9 Å². The third-order valence-corrected chi connectivity index (χ3v) is 3.66. The Hall–Kier alpha value is -0.570. The first-order valence-corrected chi connectivity index (χ1v) is 7.03. The minimum atomic E-state index is -0.0815. The monoisotopic (exact) mass is 241 g/mol. The lowest BCUT2D eigenvalue weighted by Gasteiger charge is -2.19. The molecule has 1 aliphatic rings. The first kappa shape index (κ1) is 14.5. The normalized spacial score (nSPS) is 27.2. The van der Waals surface area contributed by atoms with Crippen LogP contribution in [0.3, 0.4) is 0 Å². The van der Waals surface area contributed by atoms with E-state index in [-0.39, 0.29) is 11.9 Å². The zero-order valence-electron chi connectivity index (χ0n) is 11.5. The SMILES string of the molecule is CCOC(=O)C(C)CNC1CCCC(C)CC1. The van der Waals surface area contributed by atoms with E-state index < -0.39 is 0 Å². The number of rotatable bonds is 5. The molecule has 17 heavy (non-hydrogen) atoms. The molecule has 0 aromatic carbocycles. The molecule has 1 fully saturated rings. The van der Waals surface area contributed by atoms with E-state index >= 15 is 0 Å². The van der Waals surface area contributed by atoms with Crippen molar-refractivity contribution < 1.29 is 9.53 Å². The topological polar surface area (TPSA) is 38.3 Å². The molecular formula is C14H27NO2. The lowest BCUT2D eigenvalue weighted by Crippen LogP contribution is -2.35. The molecule has 3 atom stereocenters. The van der Waals surface area contributed by atoms with Crippen LogP contribution in [-0.2, 0) is 9.53 Å². The highest BCUT2D eigenvalue weighted by Gasteiger charge is 2.19. The summed E-state index contributed by atoms with van der Waals surface area (Å²) < 4.78 is 5.01. The van der Waals surface area contributed by atoms with Crippen molar-refractivity contribution >= 4 is 5.97 Å². The standard InChI is InChI=1S/C14H27NO2/c1-4-17-14(16)12(3)10-15-13-7-5-6-11(2)8-9-13/h11-13,15H,4-10H2,1-3H3. The second-order valence-electron chi connectivity index (χ2n) is 5.37. The molecule has 0 radical (unpaired) electrons. The highest BCUT2D eigenvalue weighted by molar-refractivity contribution is 5.72. The second kappa shape index (κ2) is 7.70. The average molecular weight is 241 g/mol. The van der Waals surface area contributed by atoms with E-state index in [9.17, 15) is 4.79 Å². The van der Waals surface area contributed by atoms with Crippen LogP contribution in [0.4, 0.5) is 0 Å². The molecule has 0 aliphatic heterocycles. The minimum Gasteiger partial charge on any atom is -0.466 e. The average Bonchev–Trinajstić information content (AvgIpc) is 2.51. The van der Waals surface area contributed by atoms with Gasteiger partial charge < -0.3 is 10.1 Å². The van der Waals surface area contributed by atoms with Crippen LogP contribution in [-0.4, -0.2) is 25.2 Å². The molecule has 1 saturated carbocycles. The maximum atomic E-state index is 11.5. The van der Waals surface area contributed by atoms with E-state index in [0.717, 1.165) is 12.5 Å². The zero-order chi connectivity index (χ0) is 12.7. The largest absolute Gasteiger partial charge is 0.466 e. The Kier molecular flexibility index (Phi) is 6.56. The molecule has 0 spiro atoms. The molecule has 3 nitrogen and oxygen atoms in total. The predicted molar refractivity (Wildman–Crippen MR) is 69.8 cm³/mol. The smallest absolute Gasteiger partial charge is 0.309 e. The molecule has 0 saturated heterocycles. The van der Waals surface area contributed by atoms with Gasteiger partial charge in [0.05, 0.1) is 12.5 Å². The van der Waals surface area contributed by atoms with Gasteiger partial charge in [0, 0.05) is 12.6 Å². The van der Waals surface area contributed by atoms with Crippen LogP contribution in [0.2, 0.25) is 0 Å². The van der Waals surface area contributed by atoms with Crippen molar-refractivity contribution in [3.05, 3.63) is 0 Å².